The molecule has 112 valence electrons. The van der Waals surface area contributed by atoms with Crippen molar-refractivity contribution in [3.63, 3.8) is 0 Å². The Morgan fingerprint density at radius 3 is 3.05 bits per heavy atom. The van der Waals surface area contributed by atoms with Gasteiger partial charge in [-0.3, -0.25) is 5.73 Å². The van der Waals surface area contributed by atoms with Crippen molar-refractivity contribution in [2.75, 3.05) is 13.1 Å². The number of benzene rings is 1. The van der Waals surface area contributed by atoms with Gasteiger partial charge < -0.3 is 16.0 Å². The molecule has 7 heteroatoms. The SMILES string of the molecule is NC1(c2ccc(F)c(Cl)c2)C=C(NC2CCNC2)NC=N1. The summed E-state index contributed by atoms with van der Waals surface area (Å²) in [6.45, 7) is 1.91. The lowest BCUT2D eigenvalue weighted by Crippen LogP contribution is -2.43. The van der Waals surface area contributed by atoms with Crippen molar-refractivity contribution in [2.24, 2.45) is 10.7 Å². The van der Waals surface area contributed by atoms with Crippen LogP contribution >= 0.6 is 11.6 Å². The van der Waals surface area contributed by atoms with E-state index in [1.54, 1.807) is 18.5 Å². The van der Waals surface area contributed by atoms with Crippen molar-refractivity contribution in [3.05, 3.63) is 46.5 Å². The first-order valence-corrected chi connectivity index (χ1v) is 7.19. The Morgan fingerprint density at radius 1 is 1.48 bits per heavy atom. The molecule has 2 heterocycles. The summed E-state index contributed by atoms with van der Waals surface area (Å²) in [5, 5.41) is 9.74. The highest BCUT2D eigenvalue weighted by Crippen LogP contribution is 2.27. The van der Waals surface area contributed by atoms with E-state index in [1.807, 2.05) is 0 Å². The molecule has 3 rings (SSSR count). The van der Waals surface area contributed by atoms with E-state index in [2.05, 4.69) is 20.9 Å². The predicted molar refractivity (Wildman–Crippen MR) is 81.4 cm³/mol. The van der Waals surface area contributed by atoms with Crippen molar-refractivity contribution in [2.45, 2.75) is 18.1 Å². The van der Waals surface area contributed by atoms with Gasteiger partial charge in [-0.05, 0) is 30.7 Å². The maximum atomic E-state index is 13.3. The average Bonchev–Trinajstić information content (AvgIpc) is 2.95. The lowest BCUT2D eigenvalue weighted by Gasteiger charge is -2.28. The topological polar surface area (TPSA) is 74.5 Å². The number of rotatable bonds is 3. The van der Waals surface area contributed by atoms with Crippen LogP contribution in [-0.2, 0) is 5.66 Å². The normalized spacial score (nSPS) is 28.1. The largest absolute Gasteiger partial charge is 0.368 e. The van der Waals surface area contributed by atoms with Gasteiger partial charge in [0.2, 0.25) is 0 Å². The molecule has 1 aromatic rings. The number of aliphatic imine (C=N–C) groups is 1. The summed E-state index contributed by atoms with van der Waals surface area (Å²) in [6, 6.07) is 4.75. The monoisotopic (exact) mass is 309 g/mol. The van der Waals surface area contributed by atoms with Gasteiger partial charge in [-0.25, -0.2) is 9.38 Å². The Kier molecular flexibility index (Phi) is 3.84. The van der Waals surface area contributed by atoms with Gasteiger partial charge in [0.25, 0.3) is 0 Å². The summed E-state index contributed by atoms with van der Waals surface area (Å²) >= 11 is 5.83. The number of hydrogen-bond donors (Lipinski definition) is 4. The van der Waals surface area contributed by atoms with Crippen molar-refractivity contribution in [1.29, 1.82) is 0 Å². The molecule has 1 aromatic carbocycles. The molecule has 2 aliphatic rings. The van der Waals surface area contributed by atoms with Crippen LogP contribution in [-0.4, -0.2) is 25.5 Å². The molecule has 5 N–H and O–H groups in total. The van der Waals surface area contributed by atoms with Gasteiger partial charge in [0.05, 0.1) is 11.4 Å². The van der Waals surface area contributed by atoms with Gasteiger partial charge in [-0.15, -0.1) is 0 Å². The van der Waals surface area contributed by atoms with Gasteiger partial charge >= 0.3 is 0 Å². The zero-order valence-electron chi connectivity index (χ0n) is 11.4. The van der Waals surface area contributed by atoms with Gasteiger partial charge in [-0.2, -0.15) is 0 Å². The van der Waals surface area contributed by atoms with E-state index in [1.165, 1.54) is 12.1 Å². The summed E-state index contributed by atoms with van der Waals surface area (Å²) in [4.78, 5) is 4.26. The standard InChI is InChI=1S/C14H17ClFN5/c15-11-5-9(1-2-12(11)16)14(17)6-13(19-8-20-14)21-10-3-4-18-7-10/h1-2,5-6,8,10,18,21H,3-4,7,17H2,(H,19,20). The summed E-state index contributed by atoms with van der Waals surface area (Å²) in [6.07, 6.45) is 4.38. The highest BCUT2D eigenvalue weighted by Gasteiger charge is 2.28. The van der Waals surface area contributed by atoms with Crippen molar-refractivity contribution < 1.29 is 4.39 Å². The quantitative estimate of drug-likeness (QED) is 0.672. The van der Waals surface area contributed by atoms with Crippen molar-refractivity contribution in [3.8, 4) is 0 Å². The second-order valence-electron chi connectivity index (χ2n) is 5.25. The molecule has 2 unspecified atom stereocenters. The molecule has 0 saturated carbocycles. The summed E-state index contributed by atoms with van der Waals surface area (Å²) < 4.78 is 13.3. The van der Waals surface area contributed by atoms with Crippen LogP contribution in [0.4, 0.5) is 4.39 Å². The molecule has 0 aromatic heterocycles. The first kappa shape index (κ1) is 14.3. The third-order valence-electron chi connectivity index (χ3n) is 3.66. The second-order valence-corrected chi connectivity index (χ2v) is 5.66. The molecule has 1 saturated heterocycles. The molecule has 21 heavy (non-hydrogen) atoms. The van der Waals surface area contributed by atoms with Gasteiger partial charge in [0, 0.05) is 18.7 Å². The van der Waals surface area contributed by atoms with E-state index < -0.39 is 11.5 Å². The Labute approximate surface area is 127 Å². The first-order valence-electron chi connectivity index (χ1n) is 6.81. The molecule has 0 amide bonds. The number of hydrogen-bond acceptors (Lipinski definition) is 5. The molecule has 0 spiro atoms. The van der Waals surface area contributed by atoms with E-state index in [4.69, 9.17) is 17.3 Å². The Balaban J connectivity index is 1.84. The van der Waals surface area contributed by atoms with Crippen molar-refractivity contribution >= 4 is 17.9 Å². The molecule has 2 aliphatic heterocycles. The van der Waals surface area contributed by atoms with Crippen LogP contribution in [0.2, 0.25) is 5.02 Å². The lowest BCUT2D eigenvalue weighted by atomic mass is 9.99. The third-order valence-corrected chi connectivity index (χ3v) is 3.95. The first-order chi connectivity index (χ1) is 10.1. The third kappa shape index (κ3) is 3.02. The number of nitrogens with zero attached hydrogens (tertiary/aromatic N) is 1. The zero-order valence-corrected chi connectivity index (χ0v) is 12.1. The average molecular weight is 310 g/mol. The Bertz CT molecular complexity index is 597. The van der Waals surface area contributed by atoms with Crippen LogP contribution < -0.4 is 21.7 Å². The predicted octanol–water partition coefficient (Wildman–Crippen LogP) is 1.02. The molecule has 0 bridgehead atoms. The molecule has 5 nitrogen and oxygen atoms in total. The van der Waals surface area contributed by atoms with Crippen LogP contribution in [0, 0.1) is 5.82 Å². The number of nitrogens with one attached hydrogen (secondary N) is 3. The highest BCUT2D eigenvalue weighted by atomic mass is 35.5. The molecule has 2 atom stereocenters. The maximum absolute atomic E-state index is 13.3. The van der Waals surface area contributed by atoms with E-state index >= 15 is 0 Å². The van der Waals surface area contributed by atoms with Crippen LogP contribution in [0.15, 0.2) is 35.1 Å². The minimum atomic E-state index is -1.06. The second kappa shape index (κ2) is 5.63. The number of halogens is 2. The van der Waals surface area contributed by atoms with Crippen LogP contribution in [0.25, 0.3) is 0 Å². The Morgan fingerprint density at radius 2 is 2.33 bits per heavy atom. The van der Waals surface area contributed by atoms with Crippen molar-refractivity contribution in [1.82, 2.24) is 16.0 Å². The molecule has 0 aliphatic carbocycles. The van der Waals surface area contributed by atoms with Crippen LogP contribution in [0.5, 0.6) is 0 Å². The summed E-state index contributed by atoms with van der Waals surface area (Å²) in [5.74, 6) is 0.322. The zero-order chi connectivity index (χ0) is 14.9. The lowest BCUT2D eigenvalue weighted by molar-refractivity contribution is 0.537. The fourth-order valence-corrected chi connectivity index (χ4v) is 2.67. The van der Waals surface area contributed by atoms with E-state index in [0.717, 1.165) is 25.3 Å². The van der Waals surface area contributed by atoms with Gasteiger partial charge in [0.1, 0.15) is 11.6 Å². The smallest absolute Gasteiger partial charge is 0.158 e. The molecule has 1 fully saturated rings. The van der Waals surface area contributed by atoms with Gasteiger partial charge in [0.15, 0.2) is 5.66 Å². The van der Waals surface area contributed by atoms with E-state index in [9.17, 15) is 4.39 Å². The van der Waals surface area contributed by atoms with E-state index in [0.29, 0.717) is 11.6 Å². The summed E-state index contributed by atoms with van der Waals surface area (Å²) in [7, 11) is 0. The highest BCUT2D eigenvalue weighted by molar-refractivity contribution is 6.30. The van der Waals surface area contributed by atoms with E-state index in [-0.39, 0.29) is 5.02 Å². The fraction of sp³-hybridized carbons (Fsp3) is 0.357. The minimum absolute atomic E-state index is 0.0361. The molecular formula is C14H17ClFN5. The van der Waals surface area contributed by atoms with Gasteiger partial charge in [-0.1, -0.05) is 17.7 Å². The summed E-state index contributed by atoms with van der Waals surface area (Å²) in [5.41, 5.74) is 5.89. The Hall–Kier alpha value is -1.63. The fourth-order valence-electron chi connectivity index (χ4n) is 2.49. The number of nitrogens with two attached hydrogens (primary N) is 1. The maximum Gasteiger partial charge on any atom is 0.158 e. The van der Waals surface area contributed by atoms with Crippen LogP contribution in [0.3, 0.4) is 0 Å². The van der Waals surface area contributed by atoms with Crippen LogP contribution in [0.1, 0.15) is 12.0 Å². The molecule has 0 radical (unpaired) electrons. The molecular weight excluding hydrogens is 293 g/mol. The minimum Gasteiger partial charge on any atom is -0.368 e.